The molecule has 1 atom stereocenters. The Bertz CT molecular complexity index is 905. The number of hydrogen-bond acceptors (Lipinski definition) is 8. The van der Waals surface area contributed by atoms with Gasteiger partial charge >= 0.3 is 0 Å². The lowest BCUT2D eigenvalue weighted by Gasteiger charge is -2.33. The largest absolute Gasteiger partial charge is 0.394 e. The Morgan fingerprint density at radius 1 is 1.36 bits per heavy atom. The molecule has 0 aromatic carbocycles. The quantitative estimate of drug-likeness (QED) is 0.573. The van der Waals surface area contributed by atoms with Gasteiger partial charge in [0.25, 0.3) is 0 Å². The average Bonchev–Trinajstić information content (AvgIpc) is 3.09. The molecule has 0 spiro atoms. The highest BCUT2D eigenvalue weighted by Gasteiger charge is 2.29. The number of anilines is 3. The van der Waals surface area contributed by atoms with E-state index in [4.69, 9.17) is 16.7 Å². The SMILES string of the molecule is CS(=O)(=O)N1CCCC[C@H]1CNc1nc(Nc2cnn(CCO)c2)ncc1Cl. The molecule has 0 amide bonds. The van der Waals surface area contributed by atoms with E-state index in [1.807, 2.05) is 0 Å². The normalized spacial score (nSPS) is 18.2. The second-order valence-electron chi connectivity index (χ2n) is 6.64. The molecular weight excluding hydrogens is 406 g/mol. The van der Waals surface area contributed by atoms with Gasteiger partial charge in [-0.1, -0.05) is 18.0 Å². The van der Waals surface area contributed by atoms with Crippen LogP contribution in [0.5, 0.6) is 0 Å². The summed E-state index contributed by atoms with van der Waals surface area (Å²) in [5, 5.41) is 19.6. The van der Waals surface area contributed by atoms with Gasteiger partial charge in [0, 0.05) is 25.3 Å². The number of hydrogen-bond donors (Lipinski definition) is 3. The Hall–Kier alpha value is -1.95. The van der Waals surface area contributed by atoms with Gasteiger partial charge in [-0.2, -0.15) is 14.4 Å². The lowest BCUT2D eigenvalue weighted by molar-refractivity contribution is 0.263. The highest BCUT2D eigenvalue weighted by molar-refractivity contribution is 7.88. The number of piperidine rings is 1. The van der Waals surface area contributed by atoms with Gasteiger partial charge in [0.05, 0.1) is 37.5 Å². The van der Waals surface area contributed by atoms with Gasteiger partial charge in [-0.3, -0.25) is 4.68 Å². The summed E-state index contributed by atoms with van der Waals surface area (Å²) in [5.74, 6) is 0.764. The number of halogens is 1. The minimum atomic E-state index is -3.25. The van der Waals surface area contributed by atoms with Gasteiger partial charge in [-0.15, -0.1) is 0 Å². The van der Waals surface area contributed by atoms with Crippen molar-refractivity contribution >= 4 is 39.1 Å². The third kappa shape index (κ3) is 5.31. The maximum Gasteiger partial charge on any atom is 0.229 e. The minimum absolute atomic E-state index is 0.00169. The lowest BCUT2D eigenvalue weighted by atomic mass is 10.1. The van der Waals surface area contributed by atoms with E-state index in [1.54, 1.807) is 17.1 Å². The van der Waals surface area contributed by atoms with Crippen molar-refractivity contribution in [2.45, 2.75) is 31.8 Å². The first-order valence-electron chi connectivity index (χ1n) is 9.00. The molecule has 1 aliphatic rings. The minimum Gasteiger partial charge on any atom is -0.394 e. The zero-order valence-electron chi connectivity index (χ0n) is 15.5. The molecule has 3 N–H and O–H groups in total. The fourth-order valence-electron chi connectivity index (χ4n) is 3.16. The van der Waals surface area contributed by atoms with Crippen molar-refractivity contribution in [2.24, 2.45) is 0 Å². The standard InChI is InChI=1S/C16H24ClN7O3S/c1-28(26,27)24-5-3-2-4-13(24)9-18-15-14(17)10-19-16(22-15)21-12-8-20-23(11-12)6-7-25/h8,10-11,13,25H,2-7,9H2,1H3,(H2,18,19,21,22)/t13-/m0/s1. The maximum absolute atomic E-state index is 12.0. The fraction of sp³-hybridized carbons (Fsp3) is 0.562. The lowest BCUT2D eigenvalue weighted by Crippen LogP contribution is -2.46. The van der Waals surface area contributed by atoms with Crippen LogP contribution in [0.4, 0.5) is 17.5 Å². The molecule has 0 unspecified atom stereocenters. The van der Waals surface area contributed by atoms with Crippen molar-refractivity contribution in [3.63, 3.8) is 0 Å². The number of aliphatic hydroxyl groups excluding tert-OH is 1. The first-order valence-corrected chi connectivity index (χ1v) is 11.2. The summed E-state index contributed by atoms with van der Waals surface area (Å²) in [7, 11) is -3.25. The zero-order chi connectivity index (χ0) is 20.1. The summed E-state index contributed by atoms with van der Waals surface area (Å²) < 4.78 is 27.1. The second kappa shape index (κ2) is 9.03. The Balaban J connectivity index is 1.67. The van der Waals surface area contributed by atoms with Crippen LogP contribution in [-0.4, -0.2) is 69.6 Å². The monoisotopic (exact) mass is 429 g/mol. The van der Waals surface area contributed by atoms with E-state index in [-0.39, 0.29) is 12.6 Å². The van der Waals surface area contributed by atoms with Crippen LogP contribution in [-0.2, 0) is 16.6 Å². The molecule has 12 heteroatoms. The predicted octanol–water partition coefficient (Wildman–Crippen LogP) is 1.29. The van der Waals surface area contributed by atoms with Gasteiger partial charge in [0.2, 0.25) is 16.0 Å². The molecule has 28 heavy (non-hydrogen) atoms. The predicted molar refractivity (Wildman–Crippen MR) is 107 cm³/mol. The topological polar surface area (TPSA) is 125 Å². The van der Waals surface area contributed by atoms with Gasteiger partial charge in [0.1, 0.15) is 5.02 Å². The molecular formula is C16H24ClN7O3S. The Morgan fingerprint density at radius 2 is 2.18 bits per heavy atom. The number of sulfonamides is 1. The van der Waals surface area contributed by atoms with Gasteiger partial charge < -0.3 is 15.7 Å². The molecule has 3 heterocycles. The maximum atomic E-state index is 12.0. The molecule has 154 valence electrons. The number of aromatic nitrogens is 4. The molecule has 2 aromatic heterocycles. The second-order valence-corrected chi connectivity index (χ2v) is 8.98. The number of aliphatic hydroxyl groups is 1. The van der Waals surface area contributed by atoms with Gasteiger partial charge in [0.15, 0.2) is 5.82 Å². The first kappa shape index (κ1) is 20.8. The molecule has 0 bridgehead atoms. The number of rotatable bonds is 8. The van der Waals surface area contributed by atoms with E-state index >= 15 is 0 Å². The average molecular weight is 430 g/mol. The van der Waals surface area contributed by atoms with Crippen LogP contribution < -0.4 is 10.6 Å². The fourth-order valence-corrected chi connectivity index (χ4v) is 4.50. The highest BCUT2D eigenvalue weighted by Crippen LogP contribution is 2.24. The van der Waals surface area contributed by atoms with Crippen molar-refractivity contribution in [2.75, 3.05) is 36.6 Å². The summed E-state index contributed by atoms with van der Waals surface area (Å²) in [4.78, 5) is 8.53. The van der Waals surface area contributed by atoms with Crippen molar-refractivity contribution in [1.82, 2.24) is 24.1 Å². The van der Waals surface area contributed by atoms with E-state index < -0.39 is 10.0 Å². The van der Waals surface area contributed by atoms with Crippen molar-refractivity contribution in [1.29, 1.82) is 0 Å². The summed E-state index contributed by atoms with van der Waals surface area (Å²) in [6.45, 7) is 1.34. The van der Waals surface area contributed by atoms with E-state index in [9.17, 15) is 8.42 Å². The van der Waals surface area contributed by atoms with Gasteiger partial charge in [-0.05, 0) is 12.8 Å². The third-order valence-electron chi connectivity index (χ3n) is 4.47. The van der Waals surface area contributed by atoms with Crippen LogP contribution in [0.25, 0.3) is 0 Å². The smallest absolute Gasteiger partial charge is 0.229 e. The van der Waals surface area contributed by atoms with Crippen LogP contribution in [0.1, 0.15) is 19.3 Å². The van der Waals surface area contributed by atoms with Crippen LogP contribution in [0, 0.1) is 0 Å². The molecule has 10 nitrogen and oxygen atoms in total. The first-order chi connectivity index (χ1) is 13.4. The van der Waals surface area contributed by atoms with Crippen molar-refractivity contribution < 1.29 is 13.5 Å². The molecule has 0 aliphatic carbocycles. The summed E-state index contributed by atoms with van der Waals surface area (Å²) >= 11 is 6.20. The van der Waals surface area contributed by atoms with Crippen LogP contribution >= 0.6 is 11.6 Å². The Labute approximate surface area is 169 Å². The molecule has 3 rings (SSSR count). The number of nitrogens with one attached hydrogen (secondary N) is 2. The van der Waals surface area contributed by atoms with E-state index in [2.05, 4.69) is 25.7 Å². The molecule has 1 saturated heterocycles. The Kier molecular flexibility index (Phi) is 6.70. The van der Waals surface area contributed by atoms with Crippen LogP contribution in [0.15, 0.2) is 18.6 Å². The van der Waals surface area contributed by atoms with Crippen molar-refractivity contribution in [3.8, 4) is 0 Å². The van der Waals surface area contributed by atoms with E-state index in [1.165, 1.54) is 16.8 Å². The van der Waals surface area contributed by atoms with E-state index in [0.717, 1.165) is 19.3 Å². The van der Waals surface area contributed by atoms with Crippen molar-refractivity contribution in [3.05, 3.63) is 23.6 Å². The molecule has 0 saturated carbocycles. The number of nitrogens with zero attached hydrogens (tertiary/aromatic N) is 5. The third-order valence-corrected chi connectivity index (χ3v) is 6.08. The zero-order valence-corrected chi connectivity index (χ0v) is 17.1. The summed E-state index contributed by atoms with van der Waals surface area (Å²) in [5.41, 5.74) is 0.678. The Morgan fingerprint density at radius 3 is 2.93 bits per heavy atom. The molecule has 1 aliphatic heterocycles. The summed E-state index contributed by atoms with van der Waals surface area (Å²) in [6, 6.07) is -0.136. The molecule has 2 aromatic rings. The van der Waals surface area contributed by atoms with E-state index in [0.29, 0.717) is 42.1 Å². The highest BCUT2D eigenvalue weighted by atomic mass is 35.5. The van der Waals surface area contributed by atoms with Gasteiger partial charge in [-0.25, -0.2) is 13.4 Å². The molecule has 1 fully saturated rings. The molecule has 0 radical (unpaired) electrons. The van der Waals surface area contributed by atoms with Crippen LogP contribution in [0.2, 0.25) is 5.02 Å². The summed E-state index contributed by atoms with van der Waals surface area (Å²) in [6.07, 6.45) is 8.70. The van der Waals surface area contributed by atoms with Crippen LogP contribution in [0.3, 0.4) is 0 Å².